The maximum Gasteiger partial charge on any atom is 0.279 e. The van der Waals surface area contributed by atoms with Crippen molar-refractivity contribution in [2.75, 3.05) is 0 Å². The first-order valence-electron chi connectivity index (χ1n) is 9.11. The number of rotatable bonds is 3. The second-order valence-electron chi connectivity index (χ2n) is 6.68. The van der Waals surface area contributed by atoms with E-state index in [0.29, 0.717) is 10.4 Å². The normalized spacial score (nSPS) is 11.6. The minimum atomic E-state index is -0.236. The second-order valence-corrected chi connectivity index (χ2v) is 7.51. The van der Waals surface area contributed by atoms with Crippen LogP contribution in [-0.2, 0) is 0 Å². The molecule has 0 unspecified atom stereocenters. The zero-order valence-corrected chi connectivity index (χ0v) is 16.6. The average molecular weight is 385 g/mol. The topological polar surface area (TPSA) is 34.4 Å². The molecular formula is C24H20N2OS. The predicted octanol–water partition coefficient (Wildman–Crippen LogP) is 5.56. The van der Waals surface area contributed by atoms with Gasteiger partial charge in [0.25, 0.3) is 5.91 Å². The maximum atomic E-state index is 12.7. The highest BCUT2D eigenvalue weighted by molar-refractivity contribution is 7.07. The fourth-order valence-corrected chi connectivity index (χ4v) is 4.12. The SMILES string of the molecule is Cc1ccc(-n2c(-c3ccccc3)csc2=NC(=O)c2ccccc2)c(C)c1. The Labute approximate surface area is 168 Å². The van der Waals surface area contributed by atoms with Crippen LogP contribution in [0.25, 0.3) is 16.9 Å². The van der Waals surface area contributed by atoms with Gasteiger partial charge in [-0.05, 0) is 43.2 Å². The van der Waals surface area contributed by atoms with E-state index < -0.39 is 0 Å². The van der Waals surface area contributed by atoms with E-state index in [-0.39, 0.29) is 5.91 Å². The fourth-order valence-electron chi connectivity index (χ4n) is 3.22. The van der Waals surface area contributed by atoms with E-state index >= 15 is 0 Å². The number of hydrogen-bond acceptors (Lipinski definition) is 2. The summed E-state index contributed by atoms with van der Waals surface area (Å²) in [5.41, 5.74) is 6.08. The molecule has 4 heteroatoms. The predicted molar refractivity (Wildman–Crippen MR) is 115 cm³/mol. The van der Waals surface area contributed by atoms with Gasteiger partial charge in [0.15, 0.2) is 4.80 Å². The summed E-state index contributed by atoms with van der Waals surface area (Å²) < 4.78 is 2.08. The van der Waals surface area contributed by atoms with E-state index in [1.165, 1.54) is 16.9 Å². The van der Waals surface area contributed by atoms with Crippen molar-refractivity contribution in [2.24, 2.45) is 4.99 Å². The molecule has 0 atom stereocenters. The monoisotopic (exact) mass is 384 g/mol. The van der Waals surface area contributed by atoms with Gasteiger partial charge in [0.1, 0.15) is 0 Å². The Hall–Kier alpha value is -3.24. The molecule has 3 aromatic carbocycles. The van der Waals surface area contributed by atoms with Gasteiger partial charge in [-0.2, -0.15) is 4.99 Å². The lowest BCUT2D eigenvalue weighted by molar-refractivity contribution is 0.0998. The highest BCUT2D eigenvalue weighted by Gasteiger charge is 2.13. The Bertz CT molecular complexity index is 1190. The molecule has 0 radical (unpaired) electrons. The minimum Gasteiger partial charge on any atom is -0.285 e. The number of thiazole rings is 1. The lowest BCUT2D eigenvalue weighted by atomic mass is 10.1. The van der Waals surface area contributed by atoms with Crippen LogP contribution < -0.4 is 4.80 Å². The van der Waals surface area contributed by atoms with Crippen LogP contribution in [0, 0.1) is 13.8 Å². The average Bonchev–Trinajstić information content (AvgIpc) is 3.12. The highest BCUT2D eigenvalue weighted by Crippen LogP contribution is 2.25. The summed E-state index contributed by atoms with van der Waals surface area (Å²) in [6.45, 7) is 4.17. The molecule has 3 nitrogen and oxygen atoms in total. The number of carbonyl (C=O) groups is 1. The molecule has 0 fully saturated rings. The van der Waals surface area contributed by atoms with E-state index in [2.05, 4.69) is 59.1 Å². The van der Waals surface area contributed by atoms with Gasteiger partial charge in [-0.25, -0.2) is 0 Å². The number of benzene rings is 3. The van der Waals surface area contributed by atoms with Crippen molar-refractivity contribution in [1.82, 2.24) is 4.57 Å². The molecular weight excluding hydrogens is 364 g/mol. The van der Waals surface area contributed by atoms with Gasteiger partial charge in [-0.15, -0.1) is 11.3 Å². The summed E-state index contributed by atoms with van der Waals surface area (Å²) in [4.78, 5) is 17.8. The molecule has 0 saturated heterocycles. The molecule has 0 aliphatic rings. The molecule has 0 aliphatic carbocycles. The van der Waals surface area contributed by atoms with E-state index in [0.717, 1.165) is 22.5 Å². The first-order valence-corrected chi connectivity index (χ1v) is 9.99. The molecule has 0 aliphatic heterocycles. The van der Waals surface area contributed by atoms with Crippen LogP contribution >= 0.6 is 11.3 Å². The molecule has 138 valence electrons. The molecule has 0 N–H and O–H groups in total. The summed E-state index contributed by atoms with van der Waals surface area (Å²) in [7, 11) is 0. The Balaban J connectivity index is 1.94. The van der Waals surface area contributed by atoms with Crippen LogP contribution in [0.5, 0.6) is 0 Å². The summed E-state index contributed by atoms with van der Waals surface area (Å²) in [6, 6.07) is 25.7. The number of carbonyl (C=O) groups excluding carboxylic acids is 1. The molecule has 28 heavy (non-hydrogen) atoms. The van der Waals surface area contributed by atoms with Crippen molar-refractivity contribution in [2.45, 2.75) is 13.8 Å². The quantitative estimate of drug-likeness (QED) is 0.455. The summed E-state index contributed by atoms with van der Waals surface area (Å²) in [5.74, 6) is -0.236. The Kier molecular flexibility index (Phi) is 5.04. The Morgan fingerprint density at radius 1 is 0.893 bits per heavy atom. The van der Waals surface area contributed by atoms with Gasteiger partial charge in [0.05, 0.1) is 11.4 Å². The van der Waals surface area contributed by atoms with E-state index in [9.17, 15) is 4.79 Å². The second kappa shape index (κ2) is 7.79. The highest BCUT2D eigenvalue weighted by atomic mass is 32.1. The maximum absolute atomic E-state index is 12.7. The van der Waals surface area contributed by atoms with Crippen LogP contribution in [0.15, 0.2) is 89.2 Å². The molecule has 0 bridgehead atoms. The number of amides is 1. The fraction of sp³-hybridized carbons (Fsp3) is 0.0833. The van der Waals surface area contributed by atoms with E-state index in [4.69, 9.17) is 0 Å². The largest absolute Gasteiger partial charge is 0.285 e. The third-order valence-electron chi connectivity index (χ3n) is 4.59. The third kappa shape index (κ3) is 3.59. The van der Waals surface area contributed by atoms with Crippen molar-refractivity contribution in [3.63, 3.8) is 0 Å². The van der Waals surface area contributed by atoms with Gasteiger partial charge in [0, 0.05) is 10.9 Å². The van der Waals surface area contributed by atoms with Crippen molar-refractivity contribution in [3.8, 4) is 16.9 Å². The number of aromatic nitrogens is 1. The molecule has 4 aromatic rings. The smallest absolute Gasteiger partial charge is 0.279 e. The van der Waals surface area contributed by atoms with Gasteiger partial charge in [0.2, 0.25) is 0 Å². The number of hydrogen-bond donors (Lipinski definition) is 0. The van der Waals surface area contributed by atoms with E-state index in [1.54, 1.807) is 12.1 Å². The van der Waals surface area contributed by atoms with Crippen molar-refractivity contribution in [3.05, 3.63) is 106 Å². The molecule has 0 spiro atoms. The van der Waals surface area contributed by atoms with Crippen LogP contribution in [0.2, 0.25) is 0 Å². The number of aryl methyl sites for hydroxylation is 2. The standard InChI is InChI=1S/C24H20N2OS/c1-17-13-14-21(18(2)15-17)26-22(19-9-5-3-6-10-19)16-28-24(26)25-23(27)20-11-7-4-8-12-20/h3-16H,1-2H3. The van der Waals surface area contributed by atoms with Gasteiger partial charge in [-0.1, -0.05) is 66.2 Å². The van der Waals surface area contributed by atoms with Crippen molar-refractivity contribution >= 4 is 17.2 Å². The lowest BCUT2D eigenvalue weighted by Crippen LogP contribution is -2.17. The summed E-state index contributed by atoms with van der Waals surface area (Å²) in [5, 5.41) is 2.06. The van der Waals surface area contributed by atoms with E-state index in [1.807, 2.05) is 36.4 Å². The molecule has 1 heterocycles. The molecule has 0 saturated carbocycles. The first kappa shape index (κ1) is 18.1. The first-order chi connectivity index (χ1) is 13.6. The van der Waals surface area contributed by atoms with Crippen LogP contribution in [0.3, 0.4) is 0 Å². The summed E-state index contributed by atoms with van der Waals surface area (Å²) in [6.07, 6.45) is 0. The van der Waals surface area contributed by atoms with Crippen LogP contribution in [-0.4, -0.2) is 10.5 Å². The molecule has 1 aromatic heterocycles. The van der Waals surface area contributed by atoms with Crippen molar-refractivity contribution < 1.29 is 4.79 Å². The zero-order valence-electron chi connectivity index (χ0n) is 15.8. The van der Waals surface area contributed by atoms with Crippen molar-refractivity contribution in [1.29, 1.82) is 0 Å². The van der Waals surface area contributed by atoms with Gasteiger partial charge < -0.3 is 0 Å². The Morgan fingerprint density at radius 3 is 2.25 bits per heavy atom. The minimum absolute atomic E-state index is 0.236. The molecule has 4 rings (SSSR count). The zero-order chi connectivity index (χ0) is 19.5. The number of nitrogens with zero attached hydrogens (tertiary/aromatic N) is 2. The Morgan fingerprint density at radius 2 is 1.57 bits per heavy atom. The lowest BCUT2D eigenvalue weighted by Gasteiger charge is -2.12. The van der Waals surface area contributed by atoms with Crippen LogP contribution in [0.1, 0.15) is 21.5 Å². The van der Waals surface area contributed by atoms with Gasteiger partial charge in [-0.3, -0.25) is 9.36 Å². The molecule has 1 amide bonds. The third-order valence-corrected chi connectivity index (χ3v) is 5.41. The van der Waals surface area contributed by atoms with Crippen LogP contribution in [0.4, 0.5) is 0 Å². The summed E-state index contributed by atoms with van der Waals surface area (Å²) >= 11 is 1.48. The van der Waals surface area contributed by atoms with Gasteiger partial charge >= 0.3 is 0 Å².